The number of ether oxygens (including phenoxy) is 3. The largest absolute Gasteiger partial charge is 0.491 e. The van der Waals surface area contributed by atoms with E-state index in [0.29, 0.717) is 5.56 Å². The zero-order chi connectivity index (χ0) is 16.3. The van der Waals surface area contributed by atoms with E-state index in [1.807, 2.05) is 13.8 Å². The van der Waals surface area contributed by atoms with E-state index in [0.717, 1.165) is 12.2 Å². The summed E-state index contributed by atoms with van der Waals surface area (Å²) in [5.74, 6) is -1.84. The SMILES string of the molecule is CCC(C)Oc1ccc(C=C2C(=O)OC(C)(C)OC2=O)cc1. The van der Waals surface area contributed by atoms with Gasteiger partial charge in [-0.1, -0.05) is 19.1 Å². The summed E-state index contributed by atoms with van der Waals surface area (Å²) in [7, 11) is 0. The molecule has 1 fully saturated rings. The van der Waals surface area contributed by atoms with E-state index in [2.05, 4.69) is 0 Å². The Morgan fingerprint density at radius 3 is 2.18 bits per heavy atom. The highest BCUT2D eigenvalue weighted by Gasteiger charge is 2.38. The second kappa shape index (κ2) is 6.22. The minimum absolute atomic E-state index is 0.116. The van der Waals surface area contributed by atoms with Gasteiger partial charge in [0.05, 0.1) is 6.10 Å². The Labute approximate surface area is 129 Å². The summed E-state index contributed by atoms with van der Waals surface area (Å²) < 4.78 is 15.8. The summed E-state index contributed by atoms with van der Waals surface area (Å²) in [6.07, 6.45) is 2.50. The minimum atomic E-state index is -1.22. The standard InChI is InChI=1S/C17H20O5/c1-5-11(2)20-13-8-6-12(7-9-13)10-14-15(18)21-17(3,4)22-16(14)19/h6-11H,5H2,1-4H3. The second-order valence-corrected chi connectivity index (χ2v) is 5.64. The first-order valence-corrected chi connectivity index (χ1v) is 7.26. The van der Waals surface area contributed by atoms with Gasteiger partial charge in [0.2, 0.25) is 0 Å². The maximum Gasteiger partial charge on any atom is 0.348 e. The number of benzene rings is 1. The second-order valence-electron chi connectivity index (χ2n) is 5.64. The molecule has 1 unspecified atom stereocenters. The van der Waals surface area contributed by atoms with Crippen LogP contribution in [-0.4, -0.2) is 23.8 Å². The fourth-order valence-electron chi connectivity index (χ4n) is 1.90. The molecule has 22 heavy (non-hydrogen) atoms. The van der Waals surface area contributed by atoms with Crippen LogP contribution in [0.4, 0.5) is 0 Å². The molecule has 1 aromatic rings. The molecule has 118 valence electrons. The van der Waals surface area contributed by atoms with Crippen LogP contribution in [0.1, 0.15) is 39.7 Å². The molecule has 0 N–H and O–H groups in total. The molecule has 1 atom stereocenters. The Hall–Kier alpha value is -2.30. The van der Waals surface area contributed by atoms with Crippen molar-refractivity contribution in [2.24, 2.45) is 0 Å². The topological polar surface area (TPSA) is 61.8 Å². The summed E-state index contributed by atoms with van der Waals surface area (Å²) in [6, 6.07) is 7.13. The van der Waals surface area contributed by atoms with Gasteiger partial charge in [-0.3, -0.25) is 0 Å². The van der Waals surface area contributed by atoms with E-state index in [1.165, 1.54) is 19.9 Å². The van der Waals surface area contributed by atoms with Crippen molar-refractivity contribution in [3.8, 4) is 5.75 Å². The molecule has 0 radical (unpaired) electrons. The lowest BCUT2D eigenvalue weighted by atomic mass is 10.1. The number of hydrogen-bond acceptors (Lipinski definition) is 5. The van der Waals surface area contributed by atoms with Gasteiger partial charge < -0.3 is 14.2 Å². The van der Waals surface area contributed by atoms with Gasteiger partial charge in [0.15, 0.2) is 0 Å². The number of cyclic esters (lactones) is 2. The van der Waals surface area contributed by atoms with E-state index in [1.54, 1.807) is 24.3 Å². The molecule has 0 aromatic heterocycles. The predicted molar refractivity (Wildman–Crippen MR) is 81.1 cm³/mol. The highest BCUT2D eigenvalue weighted by molar-refractivity contribution is 6.18. The van der Waals surface area contributed by atoms with Gasteiger partial charge in [-0.15, -0.1) is 0 Å². The quantitative estimate of drug-likeness (QED) is 0.486. The van der Waals surface area contributed by atoms with Crippen LogP contribution in [0.25, 0.3) is 6.08 Å². The fraction of sp³-hybridized carbons (Fsp3) is 0.412. The average molecular weight is 304 g/mol. The molecular formula is C17H20O5. The molecule has 5 nitrogen and oxygen atoms in total. The number of rotatable bonds is 4. The molecule has 0 saturated carbocycles. The van der Waals surface area contributed by atoms with Gasteiger partial charge in [-0.05, 0) is 37.1 Å². The van der Waals surface area contributed by atoms with Crippen molar-refractivity contribution >= 4 is 18.0 Å². The Morgan fingerprint density at radius 1 is 1.14 bits per heavy atom. The third-order valence-corrected chi connectivity index (χ3v) is 3.22. The van der Waals surface area contributed by atoms with Crippen molar-refractivity contribution in [1.29, 1.82) is 0 Å². The van der Waals surface area contributed by atoms with Gasteiger partial charge in [0, 0.05) is 13.8 Å². The zero-order valence-electron chi connectivity index (χ0n) is 13.2. The normalized spacial score (nSPS) is 18.3. The minimum Gasteiger partial charge on any atom is -0.491 e. The summed E-state index contributed by atoms with van der Waals surface area (Å²) in [5.41, 5.74) is 0.579. The lowest BCUT2D eigenvalue weighted by Crippen LogP contribution is -2.41. The summed E-state index contributed by atoms with van der Waals surface area (Å²) in [4.78, 5) is 23.7. The Kier molecular flexibility index (Phi) is 4.54. The smallest absolute Gasteiger partial charge is 0.348 e. The zero-order valence-corrected chi connectivity index (χ0v) is 13.2. The molecule has 0 aliphatic carbocycles. The van der Waals surface area contributed by atoms with E-state index < -0.39 is 17.7 Å². The molecule has 2 rings (SSSR count). The van der Waals surface area contributed by atoms with Gasteiger partial charge in [0.25, 0.3) is 5.79 Å². The molecule has 1 saturated heterocycles. The van der Waals surface area contributed by atoms with E-state index in [4.69, 9.17) is 14.2 Å². The van der Waals surface area contributed by atoms with Crippen LogP contribution in [-0.2, 0) is 19.1 Å². The van der Waals surface area contributed by atoms with Crippen LogP contribution < -0.4 is 4.74 Å². The van der Waals surface area contributed by atoms with E-state index in [-0.39, 0.29) is 11.7 Å². The fourth-order valence-corrected chi connectivity index (χ4v) is 1.90. The van der Waals surface area contributed by atoms with Crippen LogP contribution in [0, 0.1) is 0 Å². The first-order chi connectivity index (χ1) is 10.3. The average Bonchev–Trinajstić information content (AvgIpc) is 2.43. The summed E-state index contributed by atoms with van der Waals surface area (Å²) in [6.45, 7) is 7.07. The van der Waals surface area contributed by atoms with Crippen molar-refractivity contribution in [1.82, 2.24) is 0 Å². The van der Waals surface area contributed by atoms with Crippen LogP contribution in [0.15, 0.2) is 29.8 Å². The number of carbonyl (C=O) groups is 2. The monoisotopic (exact) mass is 304 g/mol. The molecule has 0 amide bonds. The number of esters is 2. The molecule has 1 heterocycles. The molecule has 1 aromatic carbocycles. The first kappa shape index (κ1) is 16.1. The number of hydrogen-bond donors (Lipinski definition) is 0. The maximum atomic E-state index is 11.9. The Bertz CT molecular complexity index is 576. The highest BCUT2D eigenvalue weighted by Crippen LogP contribution is 2.24. The van der Waals surface area contributed by atoms with Gasteiger partial charge in [-0.25, -0.2) is 9.59 Å². The molecule has 1 aliphatic heterocycles. The molecule has 0 bridgehead atoms. The summed E-state index contributed by atoms with van der Waals surface area (Å²) >= 11 is 0. The molecule has 1 aliphatic rings. The van der Waals surface area contributed by atoms with Crippen LogP contribution in [0.5, 0.6) is 5.75 Å². The predicted octanol–water partition coefficient (Wildman–Crippen LogP) is 3.08. The van der Waals surface area contributed by atoms with Crippen LogP contribution in [0.2, 0.25) is 0 Å². The van der Waals surface area contributed by atoms with Crippen LogP contribution >= 0.6 is 0 Å². The molecular weight excluding hydrogens is 284 g/mol. The Balaban J connectivity index is 2.15. The van der Waals surface area contributed by atoms with Crippen molar-refractivity contribution < 1.29 is 23.8 Å². The lowest BCUT2D eigenvalue weighted by molar-refractivity contribution is -0.222. The third-order valence-electron chi connectivity index (χ3n) is 3.22. The first-order valence-electron chi connectivity index (χ1n) is 7.26. The molecule has 5 heteroatoms. The maximum absolute atomic E-state index is 11.9. The lowest BCUT2D eigenvalue weighted by Gasteiger charge is -2.29. The van der Waals surface area contributed by atoms with Gasteiger partial charge in [-0.2, -0.15) is 0 Å². The Morgan fingerprint density at radius 2 is 1.68 bits per heavy atom. The highest BCUT2D eigenvalue weighted by atomic mass is 16.7. The van der Waals surface area contributed by atoms with Crippen molar-refractivity contribution in [3.63, 3.8) is 0 Å². The van der Waals surface area contributed by atoms with Crippen molar-refractivity contribution in [3.05, 3.63) is 35.4 Å². The van der Waals surface area contributed by atoms with Gasteiger partial charge in [0.1, 0.15) is 11.3 Å². The third kappa shape index (κ3) is 3.87. The summed E-state index contributed by atoms with van der Waals surface area (Å²) in [5, 5.41) is 0. The van der Waals surface area contributed by atoms with Crippen molar-refractivity contribution in [2.75, 3.05) is 0 Å². The van der Waals surface area contributed by atoms with E-state index >= 15 is 0 Å². The number of carbonyl (C=O) groups excluding carboxylic acids is 2. The van der Waals surface area contributed by atoms with Gasteiger partial charge >= 0.3 is 11.9 Å². The van der Waals surface area contributed by atoms with Crippen molar-refractivity contribution in [2.45, 2.75) is 46.0 Å². The molecule has 0 spiro atoms. The van der Waals surface area contributed by atoms with E-state index in [9.17, 15) is 9.59 Å². The van der Waals surface area contributed by atoms with Crippen LogP contribution in [0.3, 0.4) is 0 Å².